The summed E-state index contributed by atoms with van der Waals surface area (Å²) in [5.41, 5.74) is 1.14. The van der Waals surface area contributed by atoms with Crippen molar-refractivity contribution >= 4 is 0 Å². The summed E-state index contributed by atoms with van der Waals surface area (Å²) in [6.45, 7) is 14.8. The first-order valence-corrected chi connectivity index (χ1v) is 6.84. The fourth-order valence-corrected chi connectivity index (χ4v) is 1.34. The molecule has 100 valence electrons. The van der Waals surface area contributed by atoms with Gasteiger partial charge in [0.25, 0.3) is 0 Å². The van der Waals surface area contributed by atoms with E-state index in [-0.39, 0.29) is 0 Å². The minimum atomic E-state index is 0.393. The van der Waals surface area contributed by atoms with Crippen LogP contribution in [0.15, 0.2) is 36.5 Å². The summed E-state index contributed by atoms with van der Waals surface area (Å²) in [4.78, 5) is 0. The van der Waals surface area contributed by atoms with Gasteiger partial charge in [-0.15, -0.1) is 0 Å². The zero-order chi connectivity index (χ0) is 13.5. The summed E-state index contributed by atoms with van der Waals surface area (Å²) in [5, 5.41) is 0. The van der Waals surface area contributed by atoms with Gasteiger partial charge in [-0.25, -0.2) is 0 Å². The molecule has 0 aliphatic carbocycles. The Morgan fingerprint density at radius 2 is 1.94 bits per heavy atom. The molecule has 0 rings (SSSR count). The molecule has 0 amide bonds. The summed E-state index contributed by atoms with van der Waals surface area (Å²) < 4.78 is 5.81. The molecule has 0 aromatic heterocycles. The fraction of sp³-hybridized carbons (Fsp3) is 0.625. The Kier molecular flexibility index (Phi) is 16.6. The summed E-state index contributed by atoms with van der Waals surface area (Å²) in [7, 11) is 0. The fourth-order valence-electron chi connectivity index (χ4n) is 1.34. The molecule has 1 heteroatoms. The Labute approximate surface area is 108 Å². The minimum Gasteiger partial charge on any atom is -0.374 e. The first-order chi connectivity index (χ1) is 8.28. The molecule has 0 saturated carbocycles. The van der Waals surface area contributed by atoms with Crippen LogP contribution >= 0.6 is 0 Å². The second-order valence-electron chi connectivity index (χ2n) is 3.60. The van der Waals surface area contributed by atoms with Gasteiger partial charge < -0.3 is 4.74 Å². The quantitative estimate of drug-likeness (QED) is 0.522. The van der Waals surface area contributed by atoms with Crippen molar-refractivity contribution in [2.45, 2.75) is 60.0 Å². The highest BCUT2D eigenvalue weighted by molar-refractivity contribution is 5.22. The van der Waals surface area contributed by atoms with Gasteiger partial charge in [-0.2, -0.15) is 0 Å². The van der Waals surface area contributed by atoms with Gasteiger partial charge in [0.05, 0.1) is 12.7 Å². The summed E-state index contributed by atoms with van der Waals surface area (Å²) in [6.07, 6.45) is 11.7. The molecule has 17 heavy (non-hydrogen) atoms. The van der Waals surface area contributed by atoms with Crippen molar-refractivity contribution in [3.63, 3.8) is 0 Å². The molecule has 0 bridgehead atoms. The summed E-state index contributed by atoms with van der Waals surface area (Å²) in [5.74, 6) is 0. The third-order valence-corrected chi connectivity index (χ3v) is 2.32. The molecule has 0 radical (unpaired) electrons. The second-order valence-corrected chi connectivity index (χ2v) is 3.60. The predicted molar refractivity (Wildman–Crippen MR) is 79.4 cm³/mol. The Morgan fingerprint density at radius 1 is 1.29 bits per heavy atom. The Balaban J connectivity index is 0. The van der Waals surface area contributed by atoms with Crippen molar-refractivity contribution < 1.29 is 4.74 Å². The maximum Gasteiger partial charge on any atom is 0.0720 e. The van der Waals surface area contributed by atoms with Crippen LogP contribution in [0, 0.1) is 0 Å². The van der Waals surface area contributed by atoms with Crippen LogP contribution in [0.5, 0.6) is 0 Å². The average molecular weight is 238 g/mol. The van der Waals surface area contributed by atoms with E-state index in [0.717, 1.165) is 18.4 Å². The van der Waals surface area contributed by atoms with Crippen LogP contribution in [0.25, 0.3) is 0 Å². The van der Waals surface area contributed by atoms with E-state index in [1.807, 2.05) is 45.1 Å². The van der Waals surface area contributed by atoms with Crippen LogP contribution in [-0.4, -0.2) is 12.7 Å². The van der Waals surface area contributed by atoms with Crippen LogP contribution < -0.4 is 0 Å². The number of allylic oxidation sites excluding steroid dienone is 3. The number of hydrogen-bond acceptors (Lipinski definition) is 1. The topological polar surface area (TPSA) is 9.23 Å². The van der Waals surface area contributed by atoms with Crippen LogP contribution in [-0.2, 0) is 4.74 Å². The lowest BCUT2D eigenvalue weighted by molar-refractivity contribution is 0.0615. The molecule has 0 saturated heterocycles. The van der Waals surface area contributed by atoms with Gasteiger partial charge in [0.15, 0.2) is 0 Å². The van der Waals surface area contributed by atoms with Gasteiger partial charge in [0.1, 0.15) is 0 Å². The lowest BCUT2D eigenvalue weighted by atomic mass is 10.1. The van der Waals surface area contributed by atoms with E-state index in [1.54, 1.807) is 0 Å². The molecule has 0 spiro atoms. The van der Waals surface area contributed by atoms with Crippen molar-refractivity contribution in [3.8, 4) is 0 Å². The Hall–Kier alpha value is -0.820. The molecule has 1 unspecified atom stereocenters. The Morgan fingerprint density at radius 3 is 2.35 bits per heavy atom. The lowest BCUT2D eigenvalue weighted by Crippen LogP contribution is -2.12. The van der Waals surface area contributed by atoms with Crippen molar-refractivity contribution in [2.75, 3.05) is 6.61 Å². The maximum absolute atomic E-state index is 5.81. The van der Waals surface area contributed by atoms with Crippen LogP contribution in [0.4, 0.5) is 0 Å². The van der Waals surface area contributed by atoms with E-state index >= 15 is 0 Å². The van der Waals surface area contributed by atoms with E-state index < -0.39 is 0 Å². The van der Waals surface area contributed by atoms with Gasteiger partial charge in [0, 0.05) is 0 Å². The van der Waals surface area contributed by atoms with Crippen molar-refractivity contribution in [1.82, 2.24) is 0 Å². The molecule has 0 heterocycles. The number of ether oxygens (including phenoxy) is 1. The van der Waals surface area contributed by atoms with Crippen molar-refractivity contribution in [3.05, 3.63) is 36.5 Å². The minimum absolute atomic E-state index is 0.393. The molecule has 0 fully saturated rings. The maximum atomic E-state index is 5.81. The highest BCUT2D eigenvalue weighted by Gasteiger charge is 2.04. The van der Waals surface area contributed by atoms with Crippen LogP contribution in [0.1, 0.15) is 53.9 Å². The SMILES string of the molecule is C=C/C(=C\C=C/C)COC(CC)CCC.CC. The smallest absolute Gasteiger partial charge is 0.0720 e. The lowest BCUT2D eigenvalue weighted by Gasteiger charge is -2.15. The second kappa shape index (κ2) is 15.2. The van der Waals surface area contributed by atoms with Crippen molar-refractivity contribution in [2.24, 2.45) is 0 Å². The molecule has 0 aliphatic heterocycles. The largest absolute Gasteiger partial charge is 0.374 e. The van der Waals surface area contributed by atoms with Crippen molar-refractivity contribution in [1.29, 1.82) is 0 Å². The zero-order valence-corrected chi connectivity index (χ0v) is 12.3. The first kappa shape index (κ1) is 18.5. The molecular formula is C16H30O. The molecule has 0 aromatic carbocycles. The van der Waals surface area contributed by atoms with E-state index in [2.05, 4.69) is 20.4 Å². The third kappa shape index (κ3) is 11.4. The van der Waals surface area contributed by atoms with E-state index in [9.17, 15) is 0 Å². The van der Waals surface area contributed by atoms with Gasteiger partial charge in [-0.1, -0.05) is 65.0 Å². The van der Waals surface area contributed by atoms with Crippen LogP contribution in [0.3, 0.4) is 0 Å². The normalized spacial score (nSPS) is 13.1. The molecule has 1 nitrogen and oxygen atoms in total. The predicted octanol–water partition coefficient (Wildman–Crippen LogP) is 5.30. The highest BCUT2D eigenvalue weighted by Crippen LogP contribution is 2.09. The summed E-state index contributed by atoms with van der Waals surface area (Å²) in [6, 6.07) is 0. The molecule has 1 atom stereocenters. The monoisotopic (exact) mass is 238 g/mol. The third-order valence-electron chi connectivity index (χ3n) is 2.32. The highest BCUT2D eigenvalue weighted by atomic mass is 16.5. The number of hydrogen-bond donors (Lipinski definition) is 0. The van der Waals surface area contributed by atoms with Gasteiger partial charge in [-0.3, -0.25) is 0 Å². The molecule has 0 N–H and O–H groups in total. The molecule has 0 aliphatic rings. The molecule has 0 aromatic rings. The standard InChI is InChI=1S/C14H24O.C2H6/c1-5-9-11-13(7-3)12-15-14(8-4)10-6-2;1-2/h5,7,9,11,14H,3,6,8,10,12H2,1-2,4H3;1-2H3/b9-5-,13-11+;. The average Bonchev–Trinajstić information content (AvgIpc) is 2.39. The Bertz CT molecular complexity index is 214. The number of rotatable bonds is 8. The van der Waals surface area contributed by atoms with E-state index in [0.29, 0.717) is 12.7 Å². The first-order valence-electron chi connectivity index (χ1n) is 6.84. The van der Waals surface area contributed by atoms with Gasteiger partial charge >= 0.3 is 0 Å². The van der Waals surface area contributed by atoms with Crippen LogP contribution in [0.2, 0.25) is 0 Å². The van der Waals surface area contributed by atoms with E-state index in [1.165, 1.54) is 6.42 Å². The summed E-state index contributed by atoms with van der Waals surface area (Å²) >= 11 is 0. The van der Waals surface area contributed by atoms with Gasteiger partial charge in [0.2, 0.25) is 0 Å². The zero-order valence-electron chi connectivity index (χ0n) is 12.3. The van der Waals surface area contributed by atoms with E-state index in [4.69, 9.17) is 4.74 Å². The van der Waals surface area contributed by atoms with Gasteiger partial charge in [-0.05, 0) is 25.3 Å². The molecular weight excluding hydrogens is 208 g/mol.